The second-order valence-corrected chi connectivity index (χ2v) is 9.88. The van der Waals surface area contributed by atoms with Crippen molar-refractivity contribution < 1.29 is 24.2 Å². The number of carbonyl (C=O) groups is 2. The Balaban J connectivity index is 1.14. The minimum absolute atomic E-state index is 0.120. The van der Waals surface area contributed by atoms with Crippen LogP contribution in [0, 0.1) is 5.41 Å². The number of aliphatic hydroxyl groups excluding tert-OH is 1. The highest BCUT2D eigenvalue weighted by Gasteiger charge is 2.38. The zero-order valence-electron chi connectivity index (χ0n) is 18.7. The van der Waals surface area contributed by atoms with Crippen molar-refractivity contribution in [2.45, 2.75) is 51.2 Å². The van der Waals surface area contributed by atoms with Crippen LogP contribution in [0.25, 0.3) is 0 Å². The summed E-state index contributed by atoms with van der Waals surface area (Å²) in [7, 11) is 0. The van der Waals surface area contributed by atoms with Crippen molar-refractivity contribution in [3.8, 4) is 0 Å². The Morgan fingerprint density at radius 3 is 2.53 bits per heavy atom. The molecule has 1 aromatic carbocycles. The monoisotopic (exact) mass is 440 g/mol. The van der Waals surface area contributed by atoms with E-state index in [1.54, 1.807) is 12.1 Å². The molecular formula is C25H32N2O5. The summed E-state index contributed by atoms with van der Waals surface area (Å²) < 4.78 is 10.4. The van der Waals surface area contributed by atoms with Crippen LogP contribution in [0.2, 0.25) is 0 Å². The number of rotatable bonds is 4. The number of nitrogens with zero attached hydrogens (tertiary/aromatic N) is 2. The zero-order chi connectivity index (χ0) is 22.3. The third-order valence-electron chi connectivity index (χ3n) is 7.77. The maximum atomic E-state index is 12.0. The first-order valence-corrected chi connectivity index (χ1v) is 11.8. The molecule has 0 bridgehead atoms. The summed E-state index contributed by atoms with van der Waals surface area (Å²) >= 11 is 0. The smallest absolute Gasteiger partial charge is 0.338 e. The lowest BCUT2D eigenvalue weighted by Crippen LogP contribution is -2.47. The number of carbonyl (C=O) groups excluding carboxylic acids is 2. The fourth-order valence-corrected chi connectivity index (χ4v) is 5.66. The van der Waals surface area contributed by atoms with Crippen LogP contribution in [-0.2, 0) is 20.7 Å². The second-order valence-electron chi connectivity index (χ2n) is 9.88. The Hall–Kier alpha value is -2.38. The number of aliphatic hydroxyl groups is 1. The Labute approximate surface area is 189 Å². The van der Waals surface area contributed by atoms with E-state index in [9.17, 15) is 14.7 Å². The summed E-state index contributed by atoms with van der Waals surface area (Å²) in [6, 6.07) is 5.62. The molecule has 1 aromatic rings. The van der Waals surface area contributed by atoms with Gasteiger partial charge in [-0.15, -0.1) is 0 Å². The molecule has 5 rings (SSSR count). The number of esters is 2. The van der Waals surface area contributed by atoms with Crippen LogP contribution in [0.4, 0.5) is 0 Å². The van der Waals surface area contributed by atoms with E-state index in [0.29, 0.717) is 30.6 Å². The van der Waals surface area contributed by atoms with Crippen LogP contribution in [0.3, 0.4) is 0 Å². The molecule has 1 spiro atoms. The number of cyclic esters (lactones) is 2. The predicted octanol–water partition coefficient (Wildman–Crippen LogP) is 2.44. The first-order valence-electron chi connectivity index (χ1n) is 11.8. The topological polar surface area (TPSA) is 79.3 Å². The molecule has 2 fully saturated rings. The highest BCUT2D eigenvalue weighted by molar-refractivity contribution is 5.92. The SMILES string of the molecule is C[C@H]1Cc2cc([C@@H](O)CN3CCC4(CC3)CCN(C3=CC(=O)OC3)CC4)ccc2C(=O)O1. The lowest BCUT2D eigenvalue weighted by atomic mass is 9.71. The molecule has 7 heteroatoms. The van der Waals surface area contributed by atoms with Crippen LogP contribution in [0.15, 0.2) is 30.0 Å². The van der Waals surface area contributed by atoms with Crippen molar-refractivity contribution in [1.82, 2.24) is 9.80 Å². The van der Waals surface area contributed by atoms with Gasteiger partial charge in [0.05, 0.1) is 17.4 Å². The molecule has 0 radical (unpaired) electrons. The molecule has 0 amide bonds. The summed E-state index contributed by atoms with van der Waals surface area (Å²) in [4.78, 5) is 28.0. The van der Waals surface area contributed by atoms with Gasteiger partial charge in [0.1, 0.15) is 12.7 Å². The van der Waals surface area contributed by atoms with E-state index < -0.39 is 6.10 Å². The minimum Gasteiger partial charge on any atom is -0.459 e. The average molecular weight is 441 g/mol. The van der Waals surface area contributed by atoms with E-state index in [1.165, 1.54) is 0 Å². The highest BCUT2D eigenvalue weighted by Crippen LogP contribution is 2.42. The van der Waals surface area contributed by atoms with E-state index in [-0.39, 0.29) is 18.0 Å². The van der Waals surface area contributed by atoms with Crippen LogP contribution in [0.5, 0.6) is 0 Å². The number of likely N-dealkylation sites (tertiary alicyclic amines) is 2. The molecule has 1 N–H and O–H groups in total. The Kier molecular flexibility index (Phi) is 5.72. The highest BCUT2D eigenvalue weighted by atomic mass is 16.5. The van der Waals surface area contributed by atoms with Crippen molar-refractivity contribution in [1.29, 1.82) is 0 Å². The average Bonchev–Trinajstić information content (AvgIpc) is 3.21. The van der Waals surface area contributed by atoms with E-state index in [1.807, 2.05) is 19.1 Å². The van der Waals surface area contributed by atoms with Crippen molar-refractivity contribution in [2.24, 2.45) is 5.41 Å². The number of hydrogen-bond acceptors (Lipinski definition) is 7. The van der Waals surface area contributed by atoms with Gasteiger partial charge >= 0.3 is 11.9 Å². The molecule has 0 aromatic heterocycles. The number of fused-ring (bicyclic) bond motifs is 1. The van der Waals surface area contributed by atoms with E-state index >= 15 is 0 Å². The molecule has 7 nitrogen and oxygen atoms in total. The molecule has 0 aliphatic carbocycles. The molecular weight excluding hydrogens is 408 g/mol. The second kappa shape index (κ2) is 8.52. The number of ether oxygens (including phenoxy) is 2. The van der Waals surface area contributed by atoms with Gasteiger partial charge in [-0.25, -0.2) is 9.59 Å². The van der Waals surface area contributed by atoms with Crippen molar-refractivity contribution >= 4 is 11.9 Å². The van der Waals surface area contributed by atoms with Crippen LogP contribution in [-0.4, -0.2) is 72.3 Å². The number of β-amino-alcohol motifs (C(OH)–C–C–N with tert-alkyl or cyclic N) is 1. The Morgan fingerprint density at radius 2 is 1.84 bits per heavy atom. The van der Waals surface area contributed by atoms with E-state index in [4.69, 9.17) is 9.47 Å². The molecule has 2 atom stereocenters. The summed E-state index contributed by atoms with van der Waals surface area (Å²) in [5.41, 5.74) is 3.87. The Morgan fingerprint density at radius 1 is 1.12 bits per heavy atom. The maximum absolute atomic E-state index is 12.0. The quantitative estimate of drug-likeness (QED) is 0.721. The van der Waals surface area contributed by atoms with Gasteiger partial charge in [-0.3, -0.25) is 0 Å². The number of hydrogen-bond donors (Lipinski definition) is 1. The normalized spacial score (nSPS) is 26.4. The van der Waals surface area contributed by atoms with Crippen molar-refractivity contribution in [3.05, 3.63) is 46.7 Å². The zero-order valence-corrected chi connectivity index (χ0v) is 18.7. The van der Waals surface area contributed by atoms with E-state index in [0.717, 1.165) is 68.7 Å². The van der Waals surface area contributed by atoms with Crippen molar-refractivity contribution in [3.63, 3.8) is 0 Å². The molecule has 4 aliphatic rings. The Bertz CT molecular complexity index is 924. The summed E-state index contributed by atoms with van der Waals surface area (Å²) in [5.74, 6) is -0.490. The fourth-order valence-electron chi connectivity index (χ4n) is 5.66. The van der Waals surface area contributed by atoms with Gasteiger partial charge in [-0.1, -0.05) is 12.1 Å². The third-order valence-corrected chi connectivity index (χ3v) is 7.77. The van der Waals surface area contributed by atoms with Gasteiger partial charge in [-0.05, 0) is 68.3 Å². The first-order chi connectivity index (χ1) is 15.4. The molecule has 4 heterocycles. The van der Waals surface area contributed by atoms with Crippen LogP contribution in [0.1, 0.15) is 60.2 Å². The van der Waals surface area contributed by atoms with Gasteiger partial charge in [0.2, 0.25) is 0 Å². The van der Waals surface area contributed by atoms with Gasteiger partial charge in [0.15, 0.2) is 0 Å². The molecule has 2 saturated heterocycles. The van der Waals surface area contributed by atoms with E-state index in [2.05, 4.69) is 9.80 Å². The van der Waals surface area contributed by atoms with Gasteiger partial charge in [0.25, 0.3) is 0 Å². The largest absolute Gasteiger partial charge is 0.459 e. The molecule has 0 saturated carbocycles. The summed E-state index contributed by atoms with van der Waals surface area (Å²) in [6.45, 7) is 6.90. The predicted molar refractivity (Wildman–Crippen MR) is 118 cm³/mol. The van der Waals surface area contributed by atoms with Crippen LogP contribution >= 0.6 is 0 Å². The van der Waals surface area contributed by atoms with Gasteiger partial charge < -0.3 is 24.4 Å². The molecule has 0 unspecified atom stereocenters. The standard InChI is InChI=1S/C25H32N2O5/c1-17-12-19-13-18(2-3-21(19)24(30)32-17)22(28)15-26-8-4-25(5-9-26)6-10-27(11-7-25)20-14-23(29)31-16-20/h2-3,13-14,17,22,28H,4-12,15-16H2,1H3/t17-,22-/m0/s1. The third kappa shape index (κ3) is 4.28. The molecule has 172 valence electrons. The fraction of sp³-hybridized carbons (Fsp3) is 0.600. The summed E-state index contributed by atoms with van der Waals surface area (Å²) in [6.07, 6.45) is 6.24. The van der Waals surface area contributed by atoms with Crippen LogP contribution < -0.4 is 0 Å². The number of benzene rings is 1. The van der Waals surface area contributed by atoms with Gasteiger partial charge in [0, 0.05) is 32.1 Å². The lowest BCUT2D eigenvalue weighted by Gasteiger charge is -2.47. The maximum Gasteiger partial charge on any atom is 0.338 e. The lowest BCUT2D eigenvalue weighted by molar-refractivity contribution is -0.135. The summed E-state index contributed by atoms with van der Waals surface area (Å²) in [5, 5.41) is 10.9. The molecule has 4 aliphatic heterocycles. The minimum atomic E-state index is -0.559. The first kappa shape index (κ1) is 21.5. The molecule has 32 heavy (non-hydrogen) atoms. The number of piperidine rings is 2. The van der Waals surface area contributed by atoms with Gasteiger partial charge in [-0.2, -0.15) is 0 Å². The van der Waals surface area contributed by atoms with Crippen molar-refractivity contribution in [2.75, 3.05) is 39.3 Å².